The van der Waals surface area contributed by atoms with Crippen molar-refractivity contribution in [1.82, 2.24) is 0 Å². The third-order valence-corrected chi connectivity index (χ3v) is 3.77. The fourth-order valence-corrected chi connectivity index (χ4v) is 2.26. The van der Waals surface area contributed by atoms with E-state index in [4.69, 9.17) is 15.2 Å². The van der Waals surface area contributed by atoms with Crippen LogP contribution in [-0.2, 0) is 0 Å². The lowest BCUT2D eigenvalue weighted by molar-refractivity contribution is 0.355. The summed E-state index contributed by atoms with van der Waals surface area (Å²) < 4.78 is 10.6. The molecule has 1 aromatic carbocycles. The van der Waals surface area contributed by atoms with Crippen LogP contribution >= 0.6 is 0 Å². The Bertz CT molecular complexity index is 416. The van der Waals surface area contributed by atoms with Gasteiger partial charge in [0, 0.05) is 30.8 Å². The molecule has 0 unspecified atom stereocenters. The summed E-state index contributed by atoms with van der Waals surface area (Å²) in [5, 5.41) is 0. The van der Waals surface area contributed by atoms with Crippen LogP contribution < -0.4 is 20.1 Å². The molecule has 1 aliphatic rings. The van der Waals surface area contributed by atoms with Crippen molar-refractivity contribution >= 4 is 5.69 Å². The highest BCUT2D eigenvalue weighted by molar-refractivity contribution is 5.56. The molecule has 0 bridgehead atoms. The van der Waals surface area contributed by atoms with E-state index in [0.717, 1.165) is 30.3 Å². The van der Waals surface area contributed by atoms with Gasteiger partial charge in [-0.15, -0.1) is 0 Å². The van der Waals surface area contributed by atoms with E-state index in [0.29, 0.717) is 5.41 Å². The lowest BCUT2D eigenvalue weighted by Gasteiger charge is -2.25. The van der Waals surface area contributed by atoms with E-state index in [1.807, 2.05) is 18.2 Å². The topological polar surface area (TPSA) is 47.7 Å². The highest BCUT2D eigenvalue weighted by Crippen LogP contribution is 2.45. The van der Waals surface area contributed by atoms with Crippen molar-refractivity contribution in [3.8, 4) is 11.5 Å². The first kappa shape index (κ1) is 13.0. The molecular formula is C14H22N2O2. The van der Waals surface area contributed by atoms with Gasteiger partial charge >= 0.3 is 0 Å². The number of hydrogen-bond donors (Lipinski definition) is 1. The Kier molecular flexibility index (Phi) is 3.66. The van der Waals surface area contributed by atoms with Crippen LogP contribution in [0.15, 0.2) is 18.2 Å². The van der Waals surface area contributed by atoms with Gasteiger partial charge in [-0.25, -0.2) is 0 Å². The van der Waals surface area contributed by atoms with Gasteiger partial charge in [-0.05, 0) is 31.5 Å². The summed E-state index contributed by atoms with van der Waals surface area (Å²) in [5.74, 6) is 1.52. The lowest BCUT2D eigenvalue weighted by Crippen LogP contribution is -2.31. The molecule has 1 aliphatic carbocycles. The van der Waals surface area contributed by atoms with Crippen LogP contribution in [0.3, 0.4) is 0 Å². The molecule has 0 aromatic heterocycles. The Morgan fingerprint density at radius 2 is 1.89 bits per heavy atom. The van der Waals surface area contributed by atoms with Crippen LogP contribution in [-0.4, -0.2) is 34.4 Å². The molecule has 4 heteroatoms. The Balaban J connectivity index is 2.12. The van der Waals surface area contributed by atoms with Gasteiger partial charge in [0.1, 0.15) is 0 Å². The Morgan fingerprint density at radius 3 is 2.39 bits per heavy atom. The van der Waals surface area contributed by atoms with Gasteiger partial charge < -0.3 is 20.1 Å². The normalized spacial score (nSPS) is 16.2. The largest absolute Gasteiger partial charge is 0.493 e. The quantitative estimate of drug-likeness (QED) is 0.837. The van der Waals surface area contributed by atoms with E-state index >= 15 is 0 Å². The summed E-state index contributed by atoms with van der Waals surface area (Å²) >= 11 is 0. The average molecular weight is 250 g/mol. The second-order valence-electron chi connectivity index (χ2n) is 5.10. The fraction of sp³-hybridized carbons (Fsp3) is 0.571. The summed E-state index contributed by atoms with van der Waals surface area (Å²) in [4.78, 5) is 2.24. The number of ether oxygens (including phenoxy) is 2. The number of nitrogens with zero attached hydrogens (tertiary/aromatic N) is 1. The molecule has 100 valence electrons. The average Bonchev–Trinajstić information content (AvgIpc) is 3.18. The Hall–Kier alpha value is -1.42. The Morgan fingerprint density at radius 1 is 1.22 bits per heavy atom. The van der Waals surface area contributed by atoms with E-state index in [2.05, 4.69) is 11.9 Å². The van der Waals surface area contributed by atoms with E-state index < -0.39 is 0 Å². The van der Waals surface area contributed by atoms with Crippen molar-refractivity contribution in [2.24, 2.45) is 11.1 Å². The van der Waals surface area contributed by atoms with Gasteiger partial charge in [0.05, 0.1) is 14.2 Å². The maximum Gasteiger partial charge on any atom is 0.162 e. The first-order valence-corrected chi connectivity index (χ1v) is 6.27. The molecule has 2 N–H and O–H groups in total. The smallest absolute Gasteiger partial charge is 0.162 e. The van der Waals surface area contributed by atoms with Crippen molar-refractivity contribution in [1.29, 1.82) is 0 Å². The Labute approximate surface area is 109 Å². The number of hydrogen-bond acceptors (Lipinski definition) is 4. The second-order valence-corrected chi connectivity index (χ2v) is 5.10. The van der Waals surface area contributed by atoms with Gasteiger partial charge in [-0.3, -0.25) is 0 Å². The molecule has 18 heavy (non-hydrogen) atoms. The molecule has 1 fully saturated rings. The predicted molar refractivity (Wildman–Crippen MR) is 73.5 cm³/mol. The van der Waals surface area contributed by atoms with Gasteiger partial charge in [-0.2, -0.15) is 0 Å². The molecule has 0 amide bonds. The van der Waals surface area contributed by atoms with E-state index in [-0.39, 0.29) is 0 Å². The molecule has 2 rings (SSSR count). The zero-order valence-electron chi connectivity index (χ0n) is 11.4. The summed E-state index contributed by atoms with van der Waals surface area (Å²) in [6, 6.07) is 5.99. The fourth-order valence-electron chi connectivity index (χ4n) is 2.26. The van der Waals surface area contributed by atoms with Gasteiger partial charge in [0.15, 0.2) is 11.5 Å². The number of anilines is 1. The number of nitrogens with two attached hydrogens (primary N) is 1. The maximum atomic E-state index is 5.83. The van der Waals surface area contributed by atoms with E-state index in [9.17, 15) is 0 Å². The minimum absolute atomic E-state index is 0.335. The molecule has 4 nitrogen and oxygen atoms in total. The molecule has 1 aromatic rings. The summed E-state index contributed by atoms with van der Waals surface area (Å²) in [7, 11) is 5.40. The number of rotatable bonds is 6. The molecule has 0 spiro atoms. The zero-order chi connectivity index (χ0) is 13.2. The predicted octanol–water partition coefficient (Wildman–Crippen LogP) is 1.88. The standard InChI is InChI=1S/C14H22N2O2/c1-16(10-14(9-15)6-7-14)11-4-5-12(17-2)13(8-11)18-3/h4-5,8H,6-7,9-10,15H2,1-3H3. The van der Waals surface area contributed by atoms with Gasteiger partial charge in [-0.1, -0.05) is 0 Å². The SMILES string of the molecule is COc1ccc(N(C)CC2(CN)CC2)cc1OC. The molecule has 1 saturated carbocycles. The summed E-state index contributed by atoms with van der Waals surface area (Å²) in [6.07, 6.45) is 2.47. The summed E-state index contributed by atoms with van der Waals surface area (Å²) in [5.41, 5.74) is 7.29. The van der Waals surface area contributed by atoms with E-state index in [1.54, 1.807) is 14.2 Å². The van der Waals surface area contributed by atoms with Crippen LogP contribution in [0.4, 0.5) is 5.69 Å². The number of methoxy groups -OCH3 is 2. The highest BCUT2D eigenvalue weighted by Gasteiger charge is 2.42. The first-order chi connectivity index (χ1) is 8.64. The molecule has 0 saturated heterocycles. The van der Waals surface area contributed by atoms with Crippen LogP contribution in [0.25, 0.3) is 0 Å². The monoisotopic (exact) mass is 250 g/mol. The van der Waals surface area contributed by atoms with Crippen LogP contribution in [0.2, 0.25) is 0 Å². The molecule has 0 radical (unpaired) electrons. The number of benzene rings is 1. The van der Waals surface area contributed by atoms with E-state index in [1.165, 1.54) is 12.8 Å². The van der Waals surface area contributed by atoms with Crippen molar-refractivity contribution < 1.29 is 9.47 Å². The minimum Gasteiger partial charge on any atom is -0.493 e. The third-order valence-electron chi connectivity index (χ3n) is 3.77. The van der Waals surface area contributed by atoms with Crippen molar-refractivity contribution in [3.63, 3.8) is 0 Å². The molecule has 0 heterocycles. The van der Waals surface area contributed by atoms with Gasteiger partial charge in [0.25, 0.3) is 0 Å². The van der Waals surface area contributed by atoms with Crippen LogP contribution in [0.1, 0.15) is 12.8 Å². The van der Waals surface area contributed by atoms with Crippen molar-refractivity contribution in [2.45, 2.75) is 12.8 Å². The zero-order valence-corrected chi connectivity index (χ0v) is 11.4. The summed E-state index contributed by atoms with van der Waals surface area (Å²) in [6.45, 7) is 1.77. The minimum atomic E-state index is 0.335. The maximum absolute atomic E-state index is 5.83. The molecule has 0 aliphatic heterocycles. The second kappa shape index (κ2) is 5.06. The van der Waals surface area contributed by atoms with Crippen LogP contribution in [0.5, 0.6) is 11.5 Å². The van der Waals surface area contributed by atoms with Crippen molar-refractivity contribution in [2.75, 3.05) is 39.3 Å². The molecule has 0 atom stereocenters. The van der Waals surface area contributed by atoms with Crippen LogP contribution in [0, 0.1) is 5.41 Å². The molecular weight excluding hydrogens is 228 g/mol. The van der Waals surface area contributed by atoms with Crippen molar-refractivity contribution in [3.05, 3.63) is 18.2 Å². The first-order valence-electron chi connectivity index (χ1n) is 6.27. The highest BCUT2D eigenvalue weighted by atomic mass is 16.5. The van der Waals surface area contributed by atoms with Gasteiger partial charge in [0.2, 0.25) is 0 Å². The lowest BCUT2D eigenvalue weighted by atomic mass is 10.1. The third kappa shape index (κ3) is 2.53.